The number of halogens is 1. The average Bonchev–Trinajstić information content (AvgIpc) is 2.43. The minimum absolute atomic E-state index is 0.584. The Kier molecular flexibility index (Phi) is 4.17. The molecule has 0 heterocycles. The number of methoxy groups -OCH3 is 1. The van der Waals surface area contributed by atoms with E-state index in [0.29, 0.717) is 17.2 Å². The molecule has 2 aromatic rings. The van der Waals surface area contributed by atoms with Gasteiger partial charge in [0.2, 0.25) is 0 Å². The second kappa shape index (κ2) is 5.85. The van der Waals surface area contributed by atoms with E-state index >= 15 is 0 Å². The van der Waals surface area contributed by atoms with E-state index in [-0.39, 0.29) is 0 Å². The largest absolute Gasteiger partial charge is 0.494 e. The van der Waals surface area contributed by atoms with Gasteiger partial charge in [0.1, 0.15) is 17.2 Å². The minimum Gasteiger partial charge on any atom is -0.494 e. The molecule has 4 heteroatoms. The molecule has 2 rings (SSSR count). The zero-order chi connectivity index (χ0) is 13.8. The van der Waals surface area contributed by atoms with Crippen molar-refractivity contribution >= 4 is 17.3 Å². The predicted molar refractivity (Wildman–Crippen MR) is 78.3 cm³/mol. The Bertz CT molecular complexity index is 533. The Balaban J connectivity index is 2.25. The summed E-state index contributed by atoms with van der Waals surface area (Å²) in [5.41, 5.74) is 7.40. The molecule has 0 aromatic heterocycles. The highest BCUT2D eigenvalue weighted by Gasteiger charge is 2.05. The van der Waals surface area contributed by atoms with Gasteiger partial charge in [-0.1, -0.05) is 18.5 Å². The van der Waals surface area contributed by atoms with E-state index in [1.165, 1.54) is 0 Å². The third kappa shape index (κ3) is 3.12. The number of anilines is 1. The van der Waals surface area contributed by atoms with Gasteiger partial charge in [0, 0.05) is 11.1 Å². The lowest BCUT2D eigenvalue weighted by atomic mass is 10.1. The molecule has 0 amide bonds. The number of rotatable bonds is 4. The highest BCUT2D eigenvalue weighted by Crippen LogP contribution is 2.31. The van der Waals surface area contributed by atoms with Crippen molar-refractivity contribution in [3.63, 3.8) is 0 Å². The van der Waals surface area contributed by atoms with Gasteiger partial charge in [-0.3, -0.25) is 0 Å². The fourth-order valence-electron chi connectivity index (χ4n) is 1.78. The number of ether oxygens (including phenoxy) is 2. The molecule has 0 aliphatic rings. The predicted octanol–water partition coefficient (Wildman–Crippen LogP) is 4.29. The Morgan fingerprint density at radius 3 is 2.47 bits per heavy atom. The first-order chi connectivity index (χ1) is 9.13. The van der Waals surface area contributed by atoms with Crippen LogP contribution in [0, 0.1) is 0 Å². The van der Waals surface area contributed by atoms with Crippen LogP contribution < -0.4 is 15.2 Å². The molecule has 2 N–H and O–H groups in total. The lowest BCUT2D eigenvalue weighted by molar-refractivity contribution is 0.411. The molecule has 0 fully saturated rings. The number of hydrogen-bond acceptors (Lipinski definition) is 3. The molecule has 0 aliphatic heterocycles. The van der Waals surface area contributed by atoms with Crippen LogP contribution in [0.5, 0.6) is 17.2 Å². The van der Waals surface area contributed by atoms with Gasteiger partial charge in [0.25, 0.3) is 0 Å². The number of nitrogens with two attached hydrogens (primary N) is 1. The Labute approximate surface area is 117 Å². The van der Waals surface area contributed by atoms with Crippen LogP contribution in [-0.2, 0) is 6.42 Å². The second-order valence-corrected chi connectivity index (χ2v) is 4.52. The summed E-state index contributed by atoms with van der Waals surface area (Å²) < 4.78 is 10.9. The highest BCUT2D eigenvalue weighted by molar-refractivity contribution is 6.31. The van der Waals surface area contributed by atoms with E-state index in [1.54, 1.807) is 25.3 Å². The van der Waals surface area contributed by atoms with Crippen LogP contribution in [0.1, 0.15) is 12.5 Å². The van der Waals surface area contributed by atoms with Crippen molar-refractivity contribution in [3.8, 4) is 17.2 Å². The first-order valence-electron chi connectivity index (χ1n) is 6.04. The van der Waals surface area contributed by atoms with Crippen molar-refractivity contribution in [3.05, 3.63) is 47.0 Å². The molecule has 3 nitrogen and oxygen atoms in total. The first-order valence-corrected chi connectivity index (χ1v) is 6.41. The van der Waals surface area contributed by atoms with Crippen LogP contribution in [0.2, 0.25) is 5.02 Å². The van der Waals surface area contributed by atoms with E-state index in [4.69, 9.17) is 26.8 Å². The highest BCUT2D eigenvalue weighted by atomic mass is 35.5. The lowest BCUT2D eigenvalue weighted by Gasteiger charge is -2.10. The van der Waals surface area contributed by atoms with Gasteiger partial charge in [-0.2, -0.15) is 0 Å². The van der Waals surface area contributed by atoms with Crippen LogP contribution in [-0.4, -0.2) is 7.11 Å². The Morgan fingerprint density at radius 1 is 1.11 bits per heavy atom. The monoisotopic (exact) mass is 277 g/mol. The quantitative estimate of drug-likeness (QED) is 0.848. The molecule has 0 saturated heterocycles. The summed E-state index contributed by atoms with van der Waals surface area (Å²) in [6.45, 7) is 2.05. The van der Waals surface area contributed by atoms with Gasteiger partial charge in [-0.25, -0.2) is 0 Å². The molecular formula is C15H16ClNO2. The van der Waals surface area contributed by atoms with Gasteiger partial charge in [-0.15, -0.1) is 0 Å². The van der Waals surface area contributed by atoms with Gasteiger partial charge >= 0.3 is 0 Å². The summed E-state index contributed by atoms with van der Waals surface area (Å²) in [4.78, 5) is 0. The third-order valence-electron chi connectivity index (χ3n) is 2.84. The van der Waals surface area contributed by atoms with Crippen LogP contribution in [0.4, 0.5) is 5.69 Å². The number of nitrogen functional groups attached to an aromatic ring is 1. The fraction of sp³-hybridized carbons (Fsp3) is 0.200. The van der Waals surface area contributed by atoms with Crippen molar-refractivity contribution in [1.29, 1.82) is 0 Å². The van der Waals surface area contributed by atoms with E-state index in [0.717, 1.165) is 22.8 Å². The smallest absolute Gasteiger partial charge is 0.145 e. The van der Waals surface area contributed by atoms with E-state index in [1.807, 2.05) is 18.2 Å². The van der Waals surface area contributed by atoms with E-state index in [9.17, 15) is 0 Å². The second-order valence-electron chi connectivity index (χ2n) is 4.11. The number of aryl methyl sites for hydroxylation is 1. The normalized spacial score (nSPS) is 10.3. The minimum atomic E-state index is 0.584. The van der Waals surface area contributed by atoms with Crippen molar-refractivity contribution < 1.29 is 9.47 Å². The Hall–Kier alpha value is -1.87. The molecule has 2 aromatic carbocycles. The topological polar surface area (TPSA) is 44.5 Å². The van der Waals surface area contributed by atoms with Crippen molar-refractivity contribution in [1.82, 2.24) is 0 Å². The van der Waals surface area contributed by atoms with E-state index in [2.05, 4.69) is 6.92 Å². The maximum absolute atomic E-state index is 6.08. The van der Waals surface area contributed by atoms with Gasteiger partial charge in [-0.05, 0) is 42.3 Å². The van der Waals surface area contributed by atoms with Crippen LogP contribution >= 0.6 is 11.6 Å². The lowest BCUT2D eigenvalue weighted by Crippen LogP contribution is -1.93. The molecule has 0 saturated carbocycles. The standard InChI is InChI=1S/C15H16ClNO2/c1-3-10-8-11(4-6-13(10)16)19-12-5-7-14(17)15(9-12)18-2/h4-9H,3,17H2,1-2H3. The van der Waals surface area contributed by atoms with Gasteiger partial charge < -0.3 is 15.2 Å². The summed E-state index contributed by atoms with van der Waals surface area (Å²) in [5.74, 6) is 2.02. The summed E-state index contributed by atoms with van der Waals surface area (Å²) in [6.07, 6.45) is 0.862. The molecule has 0 spiro atoms. The summed E-state index contributed by atoms with van der Waals surface area (Å²) >= 11 is 6.08. The van der Waals surface area contributed by atoms with E-state index < -0.39 is 0 Å². The fourth-order valence-corrected chi connectivity index (χ4v) is 2.03. The molecular weight excluding hydrogens is 262 g/mol. The van der Waals surface area contributed by atoms with Crippen LogP contribution in [0.25, 0.3) is 0 Å². The SMILES string of the molecule is CCc1cc(Oc2ccc(N)c(OC)c2)ccc1Cl. The molecule has 0 aliphatic carbocycles. The molecule has 19 heavy (non-hydrogen) atoms. The number of hydrogen-bond donors (Lipinski definition) is 1. The van der Waals surface area contributed by atoms with Crippen molar-refractivity contribution in [2.24, 2.45) is 0 Å². The Morgan fingerprint density at radius 2 is 1.79 bits per heavy atom. The molecule has 0 atom stereocenters. The van der Waals surface area contributed by atoms with Gasteiger partial charge in [0.15, 0.2) is 0 Å². The maximum Gasteiger partial charge on any atom is 0.145 e. The first kappa shape index (κ1) is 13.6. The van der Waals surface area contributed by atoms with Crippen molar-refractivity contribution in [2.45, 2.75) is 13.3 Å². The zero-order valence-electron chi connectivity index (χ0n) is 10.9. The third-order valence-corrected chi connectivity index (χ3v) is 3.21. The maximum atomic E-state index is 6.08. The summed E-state index contributed by atoms with van der Waals surface area (Å²) in [5, 5.41) is 0.754. The number of benzene rings is 2. The van der Waals surface area contributed by atoms with Crippen LogP contribution in [0.15, 0.2) is 36.4 Å². The summed E-state index contributed by atoms with van der Waals surface area (Å²) in [6, 6.07) is 10.9. The molecule has 0 bridgehead atoms. The molecule has 0 unspecified atom stereocenters. The van der Waals surface area contributed by atoms with Gasteiger partial charge in [0.05, 0.1) is 12.8 Å². The zero-order valence-corrected chi connectivity index (χ0v) is 11.7. The van der Waals surface area contributed by atoms with Crippen LogP contribution in [0.3, 0.4) is 0 Å². The summed E-state index contributed by atoms with van der Waals surface area (Å²) in [7, 11) is 1.58. The average molecular weight is 278 g/mol. The van der Waals surface area contributed by atoms with Crippen molar-refractivity contribution in [2.75, 3.05) is 12.8 Å². The molecule has 100 valence electrons. The molecule has 0 radical (unpaired) electrons.